The summed E-state index contributed by atoms with van der Waals surface area (Å²) in [4.78, 5) is 23.5. The summed E-state index contributed by atoms with van der Waals surface area (Å²) in [5.74, 6) is -0.438. The highest BCUT2D eigenvalue weighted by molar-refractivity contribution is 14.1. The average Bonchev–Trinajstić information content (AvgIpc) is 2.54. The topological polar surface area (TPSA) is 52.6 Å². The molecule has 0 fully saturated rings. The van der Waals surface area contributed by atoms with Gasteiger partial charge in [0.25, 0.3) is 0 Å². The third-order valence-electron chi connectivity index (χ3n) is 3.50. The standard InChI is InChI=1S/C19H19IO4/c1-3-23-19(22)12-16(14-8-4-6-10-17(14)20)15-9-5-7-11-18(15)24-13(2)21/h4-11,16H,3,12H2,1-2H3/t16-/m1/s1. The van der Waals surface area contributed by atoms with Crippen LogP contribution in [-0.2, 0) is 14.3 Å². The van der Waals surface area contributed by atoms with Crippen molar-refractivity contribution in [3.8, 4) is 5.75 Å². The zero-order valence-corrected chi connectivity index (χ0v) is 15.8. The lowest BCUT2D eigenvalue weighted by molar-refractivity contribution is -0.143. The van der Waals surface area contributed by atoms with Crippen LogP contribution in [0.2, 0.25) is 0 Å². The molecule has 0 saturated heterocycles. The smallest absolute Gasteiger partial charge is 0.308 e. The molecule has 0 bridgehead atoms. The minimum absolute atomic E-state index is 0.187. The number of halogens is 1. The Morgan fingerprint density at radius 2 is 1.67 bits per heavy atom. The quantitative estimate of drug-likeness (QED) is 0.384. The Morgan fingerprint density at radius 3 is 2.29 bits per heavy atom. The summed E-state index contributed by atoms with van der Waals surface area (Å²) >= 11 is 2.25. The van der Waals surface area contributed by atoms with Crippen molar-refractivity contribution in [3.63, 3.8) is 0 Å². The zero-order chi connectivity index (χ0) is 17.5. The third kappa shape index (κ3) is 4.80. The Balaban J connectivity index is 2.49. The molecule has 2 aromatic rings. The van der Waals surface area contributed by atoms with E-state index >= 15 is 0 Å². The summed E-state index contributed by atoms with van der Waals surface area (Å²) in [7, 11) is 0. The van der Waals surface area contributed by atoms with Crippen molar-refractivity contribution >= 4 is 34.5 Å². The first-order valence-electron chi connectivity index (χ1n) is 7.70. The molecule has 2 aromatic carbocycles. The Kier molecular flexibility index (Phi) is 6.78. The monoisotopic (exact) mass is 438 g/mol. The number of hydrogen-bond donors (Lipinski definition) is 0. The van der Waals surface area contributed by atoms with E-state index in [0.717, 1.165) is 14.7 Å². The molecule has 2 rings (SSSR count). The molecule has 0 aliphatic rings. The van der Waals surface area contributed by atoms with Crippen molar-refractivity contribution in [3.05, 3.63) is 63.2 Å². The van der Waals surface area contributed by atoms with Gasteiger partial charge in [-0.3, -0.25) is 9.59 Å². The van der Waals surface area contributed by atoms with E-state index in [4.69, 9.17) is 9.47 Å². The highest BCUT2D eigenvalue weighted by atomic mass is 127. The van der Waals surface area contributed by atoms with E-state index in [2.05, 4.69) is 22.6 Å². The van der Waals surface area contributed by atoms with E-state index in [1.54, 1.807) is 19.1 Å². The maximum Gasteiger partial charge on any atom is 0.308 e. The molecule has 0 amide bonds. The third-order valence-corrected chi connectivity index (χ3v) is 4.49. The van der Waals surface area contributed by atoms with Crippen molar-refractivity contribution in [2.24, 2.45) is 0 Å². The number of carbonyl (C=O) groups is 2. The Morgan fingerprint density at radius 1 is 1.04 bits per heavy atom. The van der Waals surface area contributed by atoms with Gasteiger partial charge in [-0.05, 0) is 47.2 Å². The van der Waals surface area contributed by atoms with Gasteiger partial charge < -0.3 is 9.47 Å². The molecule has 0 N–H and O–H groups in total. The highest BCUT2D eigenvalue weighted by Crippen LogP contribution is 2.36. The molecule has 0 saturated carbocycles. The van der Waals surface area contributed by atoms with Crippen LogP contribution in [0.4, 0.5) is 0 Å². The van der Waals surface area contributed by atoms with Crippen molar-refractivity contribution < 1.29 is 19.1 Å². The number of rotatable bonds is 6. The second kappa shape index (κ2) is 8.82. The van der Waals surface area contributed by atoms with E-state index in [-0.39, 0.29) is 24.3 Å². The molecule has 0 aliphatic heterocycles. The van der Waals surface area contributed by atoms with Gasteiger partial charge in [-0.1, -0.05) is 36.4 Å². The average molecular weight is 438 g/mol. The Labute approximate surface area is 155 Å². The Hall–Kier alpha value is -1.89. The molecule has 0 aromatic heterocycles. The Bertz CT molecular complexity index is 727. The molecule has 0 unspecified atom stereocenters. The van der Waals surface area contributed by atoms with Gasteiger partial charge >= 0.3 is 11.9 Å². The van der Waals surface area contributed by atoms with Crippen molar-refractivity contribution in [1.29, 1.82) is 0 Å². The van der Waals surface area contributed by atoms with E-state index in [1.807, 2.05) is 36.4 Å². The van der Waals surface area contributed by atoms with Crippen LogP contribution in [0.3, 0.4) is 0 Å². The SMILES string of the molecule is CCOC(=O)C[C@H](c1ccccc1I)c1ccccc1OC(C)=O. The fourth-order valence-electron chi connectivity index (χ4n) is 2.55. The van der Waals surface area contributed by atoms with Gasteiger partial charge in [0, 0.05) is 22.0 Å². The van der Waals surface area contributed by atoms with Crippen LogP contribution >= 0.6 is 22.6 Å². The number of carbonyl (C=O) groups excluding carboxylic acids is 2. The molecule has 126 valence electrons. The predicted molar refractivity (Wildman–Crippen MR) is 100 cm³/mol. The molecular formula is C19H19IO4. The first kappa shape index (κ1) is 18.4. The molecule has 5 heteroatoms. The van der Waals surface area contributed by atoms with Crippen LogP contribution in [0.15, 0.2) is 48.5 Å². The van der Waals surface area contributed by atoms with Gasteiger partial charge in [0.15, 0.2) is 0 Å². The molecule has 0 spiro atoms. The highest BCUT2D eigenvalue weighted by Gasteiger charge is 2.24. The first-order valence-corrected chi connectivity index (χ1v) is 8.78. The number of hydrogen-bond acceptors (Lipinski definition) is 4. The van der Waals surface area contributed by atoms with Crippen LogP contribution in [0.1, 0.15) is 37.3 Å². The summed E-state index contributed by atoms with van der Waals surface area (Å²) in [6.07, 6.45) is 0.187. The van der Waals surface area contributed by atoms with Crippen molar-refractivity contribution in [2.75, 3.05) is 6.61 Å². The summed E-state index contributed by atoms with van der Waals surface area (Å²) < 4.78 is 11.5. The predicted octanol–water partition coefficient (Wildman–Crippen LogP) is 4.30. The van der Waals surface area contributed by atoms with Gasteiger partial charge in [-0.2, -0.15) is 0 Å². The summed E-state index contributed by atoms with van der Waals surface area (Å²) in [5, 5.41) is 0. The van der Waals surface area contributed by atoms with E-state index < -0.39 is 0 Å². The second-order valence-corrected chi connectivity index (χ2v) is 6.38. The fraction of sp³-hybridized carbons (Fsp3) is 0.263. The maximum atomic E-state index is 12.1. The van der Waals surface area contributed by atoms with Crippen molar-refractivity contribution in [2.45, 2.75) is 26.2 Å². The van der Waals surface area contributed by atoms with Crippen LogP contribution in [-0.4, -0.2) is 18.5 Å². The van der Waals surface area contributed by atoms with Crippen molar-refractivity contribution in [1.82, 2.24) is 0 Å². The summed E-state index contributed by atoms with van der Waals surface area (Å²) in [5.41, 5.74) is 1.80. The summed E-state index contributed by atoms with van der Waals surface area (Å²) in [6, 6.07) is 15.2. The molecule has 0 heterocycles. The molecule has 0 aliphatic carbocycles. The number of esters is 2. The van der Waals surface area contributed by atoms with Crippen LogP contribution < -0.4 is 4.74 Å². The lowest BCUT2D eigenvalue weighted by Gasteiger charge is -2.21. The fourth-order valence-corrected chi connectivity index (χ4v) is 3.31. The number of para-hydroxylation sites is 1. The minimum atomic E-state index is -0.389. The number of benzene rings is 2. The van der Waals surface area contributed by atoms with E-state index in [1.165, 1.54) is 6.92 Å². The van der Waals surface area contributed by atoms with Crippen LogP contribution in [0.5, 0.6) is 5.75 Å². The zero-order valence-electron chi connectivity index (χ0n) is 13.6. The minimum Gasteiger partial charge on any atom is -0.466 e. The summed E-state index contributed by atoms with van der Waals surface area (Å²) in [6.45, 7) is 3.48. The lowest BCUT2D eigenvalue weighted by atomic mass is 9.88. The van der Waals surface area contributed by atoms with Gasteiger partial charge in [0.2, 0.25) is 0 Å². The largest absolute Gasteiger partial charge is 0.466 e. The maximum absolute atomic E-state index is 12.1. The van der Waals surface area contributed by atoms with Gasteiger partial charge in [0.05, 0.1) is 13.0 Å². The van der Waals surface area contributed by atoms with Gasteiger partial charge in [-0.25, -0.2) is 0 Å². The van der Waals surface area contributed by atoms with Gasteiger partial charge in [-0.15, -0.1) is 0 Å². The van der Waals surface area contributed by atoms with Crippen LogP contribution in [0, 0.1) is 3.57 Å². The van der Waals surface area contributed by atoms with E-state index in [0.29, 0.717) is 12.4 Å². The molecular weight excluding hydrogens is 419 g/mol. The van der Waals surface area contributed by atoms with Gasteiger partial charge in [0.1, 0.15) is 5.75 Å². The molecule has 0 radical (unpaired) electrons. The lowest BCUT2D eigenvalue weighted by Crippen LogP contribution is -2.14. The van der Waals surface area contributed by atoms with E-state index in [9.17, 15) is 9.59 Å². The molecule has 4 nitrogen and oxygen atoms in total. The van der Waals surface area contributed by atoms with Crippen LogP contribution in [0.25, 0.3) is 0 Å². The first-order chi connectivity index (χ1) is 11.5. The second-order valence-electron chi connectivity index (χ2n) is 5.21. The molecule has 1 atom stereocenters. The normalized spacial score (nSPS) is 11.6. The number of ether oxygens (including phenoxy) is 2. The molecule has 24 heavy (non-hydrogen) atoms.